The maximum atomic E-state index is 12.7. The Morgan fingerprint density at radius 3 is 1.02 bits per heavy atom. The number of hydrogen-bond donors (Lipinski definition) is 0. The predicted octanol–water partition coefficient (Wildman–Crippen LogP) is 15.5. The molecule has 0 aliphatic carbocycles. The van der Waals surface area contributed by atoms with E-state index in [9.17, 15) is 14.4 Å². The van der Waals surface area contributed by atoms with Gasteiger partial charge >= 0.3 is 17.9 Å². The van der Waals surface area contributed by atoms with Crippen LogP contribution >= 0.6 is 0 Å². The number of hydrogen-bond acceptors (Lipinski definition) is 6. The van der Waals surface area contributed by atoms with Crippen LogP contribution in [-0.2, 0) is 28.6 Å². The van der Waals surface area contributed by atoms with Crippen molar-refractivity contribution in [3.05, 3.63) is 48.6 Å². The van der Waals surface area contributed by atoms with Gasteiger partial charge < -0.3 is 14.2 Å². The summed E-state index contributed by atoms with van der Waals surface area (Å²) in [4.78, 5) is 37.8. The minimum absolute atomic E-state index is 0.0782. The molecular formula is C51H90O6. The Morgan fingerprint density at radius 1 is 0.351 bits per heavy atom. The van der Waals surface area contributed by atoms with Crippen LogP contribution in [0.2, 0.25) is 0 Å². The second-order valence-corrected chi connectivity index (χ2v) is 16.1. The second-order valence-electron chi connectivity index (χ2n) is 16.1. The van der Waals surface area contributed by atoms with Crippen molar-refractivity contribution in [2.75, 3.05) is 13.2 Å². The molecule has 0 aromatic carbocycles. The van der Waals surface area contributed by atoms with Gasteiger partial charge in [0.2, 0.25) is 0 Å². The van der Waals surface area contributed by atoms with E-state index in [0.29, 0.717) is 19.3 Å². The van der Waals surface area contributed by atoms with Crippen LogP contribution in [0.4, 0.5) is 0 Å². The van der Waals surface area contributed by atoms with Crippen molar-refractivity contribution in [3.8, 4) is 0 Å². The van der Waals surface area contributed by atoms with Crippen molar-refractivity contribution in [2.24, 2.45) is 0 Å². The normalized spacial score (nSPS) is 12.4. The van der Waals surface area contributed by atoms with Crippen molar-refractivity contribution in [1.29, 1.82) is 0 Å². The fraction of sp³-hybridized carbons (Fsp3) is 0.784. The SMILES string of the molecule is CCCCC\C=C/C=C\C=C/C=C\CCCCCCCC(=O)OCC(COC(=O)CCCCCCCCCCC)OC(=O)CCCCCCCCCCCCCC. The first-order valence-corrected chi connectivity index (χ1v) is 24.2. The molecule has 0 spiro atoms. The van der Waals surface area contributed by atoms with Crippen molar-refractivity contribution >= 4 is 17.9 Å². The highest BCUT2D eigenvalue weighted by Crippen LogP contribution is 2.15. The van der Waals surface area contributed by atoms with Crippen LogP contribution in [0.3, 0.4) is 0 Å². The molecule has 0 aromatic rings. The number of esters is 3. The summed E-state index contributed by atoms with van der Waals surface area (Å²) in [6, 6.07) is 0. The first-order valence-electron chi connectivity index (χ1n) is 24.2. The maximum Gasteiger partial charge on any atom is 0.306 e. The molecule has 0 saturated heterocycles. The van der Waals surface area contributed by atoms with E-state index >= 15 is 0 Å². The Hall–Kier alpha value is -2.63. The summed E-state index contributed by atoms with van der Waals surface area (Å²) in [5, 5.41) is 0. The van der Waals surface area contributed by atoms with Crippen molar-refractivity contribution in [1.82, 2.24) is 0 Å². The van der Waals surface area contributed by atoms with Gasteiger partial charge in [0, 0.05) is 19.3 Å². The van der Waals surface area contributed by atoms with Gasteiger partial charge in [0.05, 0.1) is 0 Å². The highest BCUT2D eigenvalue weighted by atomic mass is 16.6. The molecule has 0 aliphatic rings. The molecule has 0 bridgehead atoms. The van der Waals surface area contributed by atoms with Crippen molar-refractivity contribution in [2.45, 2.75) is 245 Å². The number of allylic oxidation sites excluding steroid dienone is 8. The number of unbranched alkanes of at least 4 members (excludes halogenated alkanes) is 27. The minimum Gasteiger partial charge on any atom is -0.462 e. The number of carbonyl (C=O) groups excluding carboxylic acids is 3. The van der Waals surface area contributed by atoms with Crippen LogP contribution < -0.4 is 0 Å². The van der Waals surface area contributed by atoms with Crippen LogP contribution in [-0.4, -0.2) is 37.2 Å². The third kappa shape index (κ3) is 44.3. The first-order chi connectivity index (χ1) is 28.0. The van der Waals surface area contributed by atoms with Crippen LogP contribution in [0.25, 0.3) is 0 Å². The fourth-order valence-electron chi connectivity index (χ4n) is 6.75. The topological polar surface area (TPSA) is 78.9 Å². The number of carbonyl (C=O) groups is 3. The second kappa shape index (κ2) is 46.1. The molecule has 0 N–H and O–H groups in total. The fourth-order valence-corrected chi connectivity index (χ4v) is 6.75. The standard InChI is InChI=1S/C51H90O6/c1-4-7-10-13-16-19-21-23-24-25-26-27-28-30-32-35-38-41-44-50(53)56-47-48(46-55-49(52)43-40-37-34-31-18-15-12-9-6-3)57-51(54)45-42-39-36-33-29-22-20-17-14-11-8-5-2/h16,19,21,23-27,48H,4-15,17-18,20,22,28-47H2,1-3H3/b19-16-,23-21-,25-24-,27-26-. The van der Waals surface area contributed by atoms with Gasteiger partial charge in [0.25, 0.3) is 0 Å². The maximum absolute atomic E-state index is 12.7. The monoisotopic (exact) mass is 799 g/mol. The van der Waals surface area contributed by atoms with E-state index in [0.717, 1.165) is 83.5 Å². The molecule has 330 valence electrons. The van der Waals surface area contributed by atoms with Gasteiger partial charge in [-0.15, -0.1) is 0 Å². The molecule has 0 aromatic heterocycles. The lowest BCUT2D eigenvalue weighted by Crippen LogP contribution is -2.30. The molecule has 6 nitrogen and oxygen atoms in total. The van der Waals surface area contributed by atoms with Crippen LogP contribution in [0.5, 0.6) is 0 Å². The zero-order chi connectivity index (χ0) is 41.5. The van der Waals surface area contributed by atoms with E-state index in [1.165, 1.54) is 116 Å². The Labute approximate surface area is 352 Å². The molecule has 0 rings (SSSR count). The van der Waals surface area contributed by atoms with Crippen LogP contribution in [0.1, 0.15) is 239 Å². The smallest absolute Gasteiger partial charge is 0.306 e. The molecule has 6 heteroatoms. The molecule has 0 saturated carbocycles. The zero-order valence-corrected chi connectivity index (χ0v) is 37.6. The molecule has 0 radical (unpaired) electrons. The largest absolute Gasteiger partial charge is 0.462 e. The first kappa shape index (κ1) is 54.4. The molecule has 1 unspecified atom stereocenters. The van der Waals surface area contributed by atoms with Gasteiger partial charge in [0.15, 0.2) is 6.10 Å². The van der Waals surface area contributed by atoms with Crippen molar-refractivity contribution < 1.29 is 28.6 Å². The molecule has 1 atom stereocenters. The summed E-state index contributed by atoms with van der Waals surface area (Å²) >= 11 is 0. The van der Waals surface area contributed by atoms with Gasteiger partial charge in [-0.05, 0) is 44.9 Å². The summed E-state index contributed by atoms with van der Waals surface area (Å²) in [5.74, 6) is -0.901. The van der Waals surface area contributed by atoms with Gasteiger partial charge in [0.1, 0.15) is 13.2 Å². The highest BCUT2D eigenvalue weighted by Gasteiger charge is 2.19. The third-order valence-electron chi connectivity index (χ3n) is 10.4. The van der Waals surface area contributed by atoms with Gasteiger partial charge in [-0.25, -0.2) is 0 Å². The Kier molecular flexibility index (Phi) is 43.9. The number of rotatable bonds is 43. The van der Waals surface area contributed by atoms with Crippen LogP contribution in [0.15, 0.2) is 48.6 Å². The predicted molar refractivity (Wildman–Crippen MR) is 242 cm³/mol. The summed E-state index contributed by atoms with van der Waals surface area (Å²) in [6.45, 7) is 6.56. The lowest BCUT2D eigenvalue weighted by Gasteiger charge is -2.18. The molecule has 0 fully saturated rings. The van der Waals surface area contributed by atoms with E-state index in [1.807, 2.05) is 0 Å². The van der Waals surface area contributed by atoms with Crippen molar-refractivity contribution in [3.63, 3.8) is 0 Å². The van der Waals surface area contributed by atoms with Gasteiger partial charge in [-0.1, -0.05) is 223 Å². The molecule has 0 aliphatic heterocycles. The van der Waals surface area contributed by atoms with E-state index in [2.05, 4.69) is 69.4 Å². The van der Waals surface area contributed by atoms with E-state index in [-0.39, 0.29) is 31.1 Å². The van der Waals surface area contributed by atoms with Gasteiger partial charge in [-0.2, -0.15) is 0 Å². The zero-order valence-electron chi connectivity index (χ0n) is 37.6. The summed E-state index contributed by atoms with van der Waals surface area (Å²) in [5.41, 5.74) is 0. The Bertz CT molecular complexity index is 1010. The van der Waals surface area contributed by atoms with E-state index < -0.39 is 6.10 Å². The molecular weight excluding hydrogens is 709 g/mol. The molecule has 0 heterocycles. The Balaban J connectivity index is 4.37. The average Bonchev–Trinajstić information content (AvgIpc) is 3.21. The average molecular weight is 799 g/mol. The van der Waals surface area contributed by atoms with E-state index in [1.54, 1.807) is 0 Å². The quantitative estimate of drug-likeness (QED) is 0.0265. The lowest BCUT2D eigenvalue weighted by atomic mass is 10.0. The highest BCUT2D eigenvalue weighted by molar-refractivity contribution is 5.71. The molecule has 0 amide bonds. The van der Waals surface area contributed by atoms with Crippen LogP contribution in [0, 0.1) is 0 Å². The molecule has 57 heavy (non-hydrogen) atoms. The third-order valence-corrected chi connectivity index (χ3v) is 10.4. The number of ether oxygens (including phenoxy) is 3. The Morgan fingerprint density at radius 2 is 0.632 bits per heavy atom. The minimum atomic E-state index is -0.776. The lowest BCUT2D eigenvalue weighted by molar-refractivity contribution is -0.167. The summed E-state index contributed by atoms with van der Waals surface area (Å²) in [7, 11) is 0. The summed E-state index contributed by atoms with van der Waals surface area (Å²) < 4.78 is 16.7. The van der Waals surface area contributed by atoms with Gasteiger partial charge in [-0.3, -0.25) is 14.4 Å². The van der Waals surface area contributed by atoms with E-state index in [4.69, 9.17) is 14.2 Å². The summed E-state index contributed by atoms with van der Waals surface area (Å²) in [6.07, 6.45) is 53.7.